The van der Waals surface area contributed by atoms with Crippen molar-refractivity contribution in [3.8, 4) is 17.2 Å². The summed E-state index contributed by atoms with van der Waals surface area (Å²) in [5.74, 6) is 0.819. The highest BCUT2D eigenvalue weighted by Gasteiger charge is 2.52. The molecule has 15 nitrogen and oxygen atoms in total. The Morgan fingerprint density at radius 1 is 1.00 bits per heavy atom. The number of hydrogen-bond acceptors (Lipinski definition) is 11. The van der Waals surface area contributed by atoms with Crippen molar-refractivity contribution in [3.63, 3.8) is 0 Å². The summed E-state index contributed by atoms with van der Waals surface area (Å²) in [6.45, 7) is 8.93. The summed E-state index contributed by atoms with van der Waals surface area (Å²) in [5, 5.41) is 2.81. The first-order chi connectivity index (χ1) is 19.7. The molecule has 2 saturated heterocycles. The van der Waals surface area contributed by atoms with Gasteiger partial charge in [0.05, 0.1) is 27.9 Å². The molecule has 0 aromatic heterocycles. The molecule has 0 radical (unpaired) electrons. The highest BCUT2D eigenvalue weighted by molar-refractivity contribution is 7.79. The van der Waals surface area contributed by atoms with Crippen molar-refractivity contribution in [2.75, 3.05) is 54.1 Å². The Morgan fingerprint density at radius 2 is 1.60 bits per heavy atom. The molecule has 3 atom stereocenters. The number of hydrogen-bond donors (Lipinski definition) is 3. The molecule has 3 rings (SSSR count). The number of esters is 1. The van der Waals surface area contributed by atoms with Gasteiger partial charge >= 0.3 is 16.4 Å². The largest absolute Gasteiger partial charge is 0.493 e. The van der Waals surface area contributed by atoms with Gasteiger partial charge in [-0.2, -0.15) is 8.42 Å². The molecule has 1 aromatic rings. The number of nitrogens with one attached hydrogen (secondary N) is 1. The minimum Gasteiger partial charge on any atom is -0.493 e. The number of benzene rings is 1. The molecule has 2 heterocycles. The number of ether oxygens (including phenoxy) is 5. The number of nitrogens with zero attached hydrogens (tertiary/aromatic N) is 2. The lowest BCUT2D eigenvalue weighted by molar-refractivity contribution is -0.144. The number of carbonyl (C=O) groups is 3. The molecule has 0 aliphatic carbocycles. The van der Waals surface area contributed by atoms with Gasteiger partial charge in [0.1, 0.15) is 6.04 Å². The molecule has 3 N–H and O–H groups in total. The number of methoxy groups -OCH3 is 3. The molecule has 0 bridgehead atoms. The minimum atomic E-state index is -4.67. The summed E-state index contributed by atoms with van der Waals surface area (Å²) in [6, 6.07) is 3.12. The normalized spacial score (nSPS) is 19.2. The molecule has 16 heteroatoms. The van der Waals surface area contributed by atoms with Gasteiger partial charge in [-0.1, -0.05) is 19.9 Å². The second kappa shape index (κ2) is 15.9. The van der Waals surface area contributed by atoms with Crippen LogP contribution in [0.5, 0.6) is 17.2 Å². The fourth-order valence-corrected chi connectivity index (χ4v) is 4.54. The van der Waals surface area contributed by atoms with Gasteiger partial charge in [-0.15, -0.1) is 0 Å². The Balaban J connectivity index is 0.00000113. The van der Waals surface area contributed by atoms with Gasteiger partial charge in [0.25, 0.3) is 5.91 Å². The minimum absolute atomic E-state index is 0.126. The molecular weight excluding hydrogens is 578 g/mol. The lowest BCUT2D eigenvalue weighted by atomic mass is 10.0. The highest BCUT2D eigenvalue weighted by Crippen LogP contribution is 2.40. The fraction of sp³-hybridized carbons (Fsp3) is 0.654. The van der Waals surface area contributed by atoms with Crippen LogP contribution in [0.1, 0.15) is 32.8 Å². The van der Waals surface area contributed by atoms with Gasteiger partial charge in [-0.25, -0.2) is 4.79 Å². The third kappa shape index (κ3) is 10.6. The first kappa shape index (κ1) is 35.0. The van der Waals surface area contributed by atoms with Crippen LogP contribution in [0.3, 0.4) is 0 Å². The summed E-state index contributed by atoms with van der Waals surface area (Å²) in [5.41, 5.74) is 0.963. The van der Waals surface area contributed by atoms with E-state index in [1.807, 2.05) is 26.0 Å². The van der Waals surface area contributed by atoms with Crippen molar-refractivity contribution in [1.29, 1.82) is 0 Å². The van der Waals surface area contributed by atoms with E-state index in [1.165, 1.54) is 0 Å². The predicted octanol–water partition coefficient (Wildman–Crippen LogP) is 0.565. The Bertz CT molecular complexity index is 1180. The van der Waals surface area contributed by atoms with Crippen LogP contribution in [0, 0.1) is 5.92 Å². The van der Waals surface area contributed by atoms with Crippen LogP contribution in [0.15, 0.2) is 12.1 Å². The molecule has 2 amide bonds. The van der Waals surface area contributed by atoms with Gasteiger partial charge in [-0.05, 0) is 25.3 Å². The second-order valence-electron chi connectivity index (χ2n) is 9.96. The number of piperazine rings is 1. The first-order valence-electron chi connectivity index (χ1n) is 13.3. The van der Waals surface area contributed by atoms with Crippen molar-refractivity contribution >= 4 is 28.2 Å². The molecule has 238 valence electrons. The maximum atomic E-state index is 13.4. The molecule has 0 spiro atoms. The van der Waals surface area contributed by atoms with E-state index in [2.05, 4.69) is 10.2 Å². The van der Waals surface area contributed by atoms with E-state index in [0.717, 1.165) is 5.56 Å². The fourth-order valence-electron chi connectivity index (χ4n) is 4.54. The Labute approximate surface area is 245 Å². The van der Waals surface area contributed by atoms with Gasteiger partial charge in [0, 0.05) is 38.3 Å². The average molecular weight is 620 g/mol. The van der Waals surface area contributed by atoms with Gasteiger partial charge in [0.15, 0.2) is 23.7 Å². The standard InChI is InChI=1S/C26H39N3O8.H2O4S/c1-7-36-26(32)23-22(37-23)24(30)27-18(14-16(2)3)25(31)29-12-10-28(11-13-29)15-17-8-9-19(33-4)21(35-6)20(17)34-5;1-5(2,3)4/h8-9,16,18,22-23H,7,10-15H2,1-6H3,(H,27,30);(H2,1,2,3,4)/t18-,22+,23+;/m0./s1. The quantitative estimate of drug-likeness (QED) is 0.167. The van der Waals surface area contributed by atoms with Crippen LogP contribution in [0.4, 0.5) is 0 Å². The van der Waals surface area contributed by atoms with Crippen molar-refractivity contribution < 1.29 is 55.6 Å². The lowest BCUT2D eigenvalue weighted by Crippen LogP contribution is -2.55. The monoisotopic (exact) mass is 619 g/mol. The van der Waals surface area contributed by atoms with E-state index in [4.69, 9.17) is 41.2 Å². The van der Waals surface area contributed by atoms with E-state index in [0.29, 0.717) is 56.4 Å². The second-order valence-corrected chi connectivity index (χ2v) is 10.9. The van der Waals surface area contributed by atoms with E-state index < -0.39 is 40.5 Å². The van der Waals surface area contributed by atoms with Crippen molar-refractivity contribution in [2.45, 2.75) is 52.0 Å². The van der Waals surface area contributed by atoms with Crippen molar-refractivity contribution in [3.05, 3.63) is 17.7 Å². The van der Waals surface area contributed by atoms with Crippen LogP contribution >= 0.6 is 0 Å². The zero-order valence-corrected chi connectivity index (χ0v) is 25.5. The zero-order valence-electron chi connectivity index (χ0n) is 24.7. The van der Waals surface area contributed by atoms with Gasteiger partial charge in [-0.3, -0.25) is 23.6 Å². The third-order valence-electron chi connectivity index (χ3n) is 6.45. The third-order valence-corrected chi connectivity index (χ3v) is 6.45. The highest BCUT2D eigenvalue weighted by atomic mass is 32.3. The first-order valence-corrected chi connectivity index (χ1v) is 14.7. The summed E-state index contributed by atoms with van der Waals surface area (Å²) in [4.78, 5) is 41.9. The van der Waals surface area contributed by atoms with Crippen LogP contribution in [-0.4, -0.2) is 117 Å². The summed E-state index contributed by atoms with van der Waals surface area (Å²) >= 11 is 0. The van der Waals surface area contributed by atoms with Gasteiger partial charge < -0.3 is 33.9 Å². The van der Waals surface area contributed by atoms with Gasteiger partial charge in [0.2, 0.25) is 11.7 Å². The van der Waals surface area contributed by atoms with Crippen LogP contribution in [-0.2, 0) is 40.8 Å². The summed E-state index contributed by atoms with van der Waals surface area (Å²) in [6.07, 6.45) is -1.31. The number of amides is 2. The van der Waals surface area contributed by atoms with E-state index in [-0.39, 0.29) is 18.4 Å². The SMILES string of the molecule is CCOC(=O)[C@@H]1O[C@H]1C(=O)N[C@@H](CC(C)C)C(=O)N1CCN(Cc2ccc(OC)c(OC)c2OC)CC1.O=S(=O)(O)O. The topological polar surface area (TPSA) is 194 Å². The van der Waals surface area contributed by atoms with Crippen LogP contribution < -0.4 is 19.5 Å². The number of epoxide rings is 1. The van der Waals surface area contributed by atoms with E-state index in [9.17, 15) is 14.4 Å². The van der Waals surface area contributed by atoms with Crippen LogP contribution in [0.2, 0.25) is 0 Å². The number of rotatable bonds is 12. The predicted molar refractivity (Wildman–Crippen MR) is 149 cm³/mol. The maximum Gasteiger partial charge on any atom is 0.394 e. The Hall–Kier alpha value is -3.18. The van der Waals surface area contributed by atoms with Crippen molar-refractivity contribution in [2.24, 2.45) is 5.92 Å². The number of carbonyl (C=O) groups excluding carboxylic acids is 3. The zero-order chi connectivity index (χ0) is 31.6. The molecule has 0 unspecified atom stereocenters. The summed E-state index contributed by atoms with van der Waals surface area (Å²) < 4.78 is 58.1. The van der Waals surface area contributed by atoms with E-state index >= 15 is 0 Å². The molecular formula is C26H41N3O12S. The smallest absolute Gasteiger partial charge is 0.394 e. The molecule has 42 heavy (non-hydrogen) atoms. The lowest BCUT2D eigenvalue weighted by Gasteiger charge is -2.37. The van der Waals surface area contributed by atoms with Crippen molar-refractivity contribution in [1.82, 2.24) is 15.1 Å². The Morgan fingerprint density at radius 3 is 2.10 bits per heavy atom. The molecule has 2 fully saturated rings. The Kier molecular flexibility index (Phi) is 13.2. The van der Waals surface area contributed by atoms with Crippen LogP contribution in [0.25, 0.3) is 0 Å². The molecule has 0 saturated carbocycles. The average Bonchev–Trinajstić information content (AvgIpc) is 3.73. The summed E-state index contributed by atoms with van der Waals surface area (Å²) in [7, 11) is 0.0913. The van der Waals surface area contributed by atoms with E-state index in [1.54, 1.807) is 33.2 Å². The molecule has 2 aliphatic heterocycles. The molecule has 1 aromatic carbocycles. The maximum absolute atomic E-state index is 13.4. The molecule has 2 aliphatic rings.